The van der Waals surface area contributed by atoms with Crippen molar-refractivity contribution in [3.05, 3.63) is 12.2 Å². The Morgan fingerprint density at radius 2 is 1.60 bits per heavy atom. The number of ether oxygens (including phenoxy) is 1. The fourth-order valence-corrected chi connectivity index (χ4v) is 3.73. The van der Waals surface area contributed by atoms with E-state index in [9.17, 15) is 4.57 Å². The van der Waals surface area contributed by atoms with Crippen LogP contribution >= 0.6 is 7.82 Å². The maximum absolute atomic E-state index is 11.0. The first kappa shape index (κ1) is 22.9. The molecule has 1 N–H and O–H groups in total. The van der Waals surface area contributed by atoms with E-state index in [0.717, 1.165) is 6.42 Å². The Labute approximate surface area is 153 Å². The summed E-state index contributed by atoms with van der Waals surface area (Å²) in [7, 11) is -3.78. The van der Waals surface area contributed by atoms with Gasteiger partial charge in [0.2, 0.25) is 0 Å². The van der Waals surface area contributed by atoms with E-state index >= 15 is 0 Å². The van der Waals surface area contributed by atoms with Crippen molar-refractivity contribution in [2.45, 2.75) is 90.1 Å². The zero-order chi connectivity index (χ0) is 18.2. The van der Waals surface area contributed by atoms with Gasteiger partial charge < -0.3 is 9.63 Å². The van der Waals surface area contributed by atoms with Gasteiger partial charge in [0.15, 0.2) is 0 Å². The van der Waals surface area contributed by atoms with Crippen molar-refractivity contribution in [1.29, 1.82) is 0 Å². The molecule has 0 spiro atoms. The first-order valence-electron chi connectivity index (χ1n) is 10.0. The Morgan fingerprint density at radius 3 is 2.20 bits per heavy atom. The zero-order valence-electron chi connectivity index (χ0n) is 15.9. The van der Waals surface area contributed by atoms with Gasteiger partial charge in [0, 0.05) is 6.61 Å². The van der Waals surface area contributed by atoms with Crippen LogP contribution in [0.25, 0.3) is 0 Å². The van der Waals surface area contributed by atoms with E-state index in [2.05, 4.69) is 23.6 Å². The third-order valence-electron chi connectivity index (χ3n) is 4.31. The third kappa shape index (κ3) is 13.6. The van der Waals surface area contributed by atoms with Crippen LogP contribution in [0.5, 0.6) is 0 Å². The van der Waals surface area contributed by atoms with Crippen LogP contribution in [0.4, 0.5) is 0 Å². The Kier molecular flexibility index (Phi) is 13.6. The van der Waals surface area contributed by atoms with Gasteiger partial charge >= 0.3 is 7.82 Å². The van der Waals surface area contributed by atoms with E-state index < -0.39 is 13.9 Å². The number of hydrogen-bond acceptors (Lipinski definition) is 4. The van der Waals surface area contributed by atoms with Gasteiger partial charge in [-0.3, -0.25) is 9.05 Å². The highest BCUT2D eigenvalue weighted by Gasteiger charge is 2.35. The molecule has 1 aliphatic heterocycles. The van der Waals surface area contributed by atoms with E-state index in [1.165, 1.54) is 70.6 Å². The van der Waals surface area contributed by atoms with E-state index in [-0.39, 0.29) is 6.61 Å². The lowest BCUT2D eigenvalue weighted by molar-refractivity contribution is 0.0554. The van der Waals surface area contributed by atoms with Crippen molar-refractivity contribution in [2.24, 2.45) is 0 Å². The number of phosphoric acid groups is 1. The van der Waals surface area contributed by atoms with Crippen molar-refractivity contribution >= 4 is 7.82 Å². The van der Waals surface area contributed by atoms with Gasteiger partial charge in [-0.2, -0.15) is 0 Å². The summed E-state index contributed by atoms with van der Waals surface area (Å²) >= 11 is 0. The van der Waals surface area contributed by atoms with Crippen LogP contribution in [0, 0.1) is 0 Å². The standard InChI is InChI=1S/C19H37O5P/c1-2-3-4-5-6-7-8-9-10-11-12-13-14-15-16-22-17-19-18-23-25(20,21)24-19/h7-8,19H,2-6,9-18H2,1H3,(H,20,21)/b8-7+. The molecule has 5 nitrogen and oxygen atoms in total. The molecule has 0 radical (unpaired) electrons. The molecule has 2 unspecified atom stereocenters. The van der Waals surface area contributed by atoms with E-state index in [0.29, 0.717) is 13.2 Å². The lowest BCUT2D eigenvalue weighted by atomic mass is 10.1. The second-order valence-corrected chi connectivity index (χ2v) is 8.20. The molecule has 1 heterocycles. The molecule has 2 atom stereocenters. The van der Waals surface area contributed by atoms with Crippen LogP contribution in [0.15, 0.2) is 12.2 Å². The molecule has 148 valence electrons. The molecule has 6 heteroatoms. The van der Waals surface area contributed by atoms with Crippen molar-refractivity contribution < 1.29 is 23.2 Å². The maximum Gasteiger partial charge on any atom is 0.472 e. The summed E-state index contributed by atoms with van der Waals surface area (Å²) in [5.41, 5.74) is 0. The largest absolute Gasteiger partial charge is 0.472 e. The van der Waals surface area contributed by atoms with E-state index in [1.54, 1.807) is 0 Å². The molecule has 25 heavy (non-hydrogen) atoms. The summed E-state index contributed by atoms with van der Waals surface area (Å²) in [4.78, 5) is 9.05. The minimum atomic E-state index is -3.78. The SMILES string of the molecule is CCCCCC/C=C/CCCCCCCCOCC1COP(=O)(O)O1. The van der Waals surface area contributed by atoms with Crippen molar-refractivity contribution in [3.63, 3.8) is 0 Å². The van der Waals surface area contributed by atoms with Gasteiger partial charge in [-0.1, -0.05) is 64.0 Å². The topological polar surface area (TPSA) is 65.0 Å². The summed E-state index contributed by atoms with van der Waals surface area (Å²) in [6, 6.07) is 0. The summed E-state index contributed by atoms with van der Waals surface area (Å²) in [5, 5.41) is 0. The van der Waals surface area contributed by atoms with Gasteiger partial charge in [0.1, 0.15) is 6.10 Å². The molecule has 0 aromatic carbocycles. The van der Waals surface area contributed by atoms with Crippen LogP contribution < -0.4 is 0 Å². The number of allylic oxidation sites excluding steroid dienone is 2. The van der Waals surface area contributed by atoms with Crippen molar-refractivity contribution in [2.75, 3.05) is 19.8 Å². The lowest BCUT2D eigenvalue weighted by Gasteiger charge is -2.08. The number of rotatable bonds is 16. The van der Waals surface area contributed by atoms with Crippen LogP contribution in [0.1, 0.15) is 84.0 Å². The summed E-state index contributed by atoms with van der Waals surface area (Å²) in [5.74, 6) is 0. The third-order valence-corrected chi connectivity index (χ3v) is 5.35. The monoisotopic (exact) mass is 376 g/mol. The van der Waals surface area contributed by atoms with E-state index in [1.807, 2.05) is 0 Å². The molecule has 0 amide bonds. The summed E-state index contributed by atoms with van der Waals surface area (Å²) in [6.07, 6.45) is 19.5. The average molecular weight is 376 g/mol. The number of hydrogen-bond donors (Lipinski definition) is 1. The molecule has 1 fully saturated rings. The minimum absolute atomic E-state index is 0.140. The minimum Gasteiger partial charge on any atom is -0.379 e. The number of unbranched alkanes of at least 4 members (excludes halogenated alkanes) is 10. The van der Waals surface area contributed by atoms with Crippen molar-refractivity contribution in [1.82, 2.24) is 0 Å². The highest BCUT2D eigenvalue weighted by atomic mass is 31.2. The first-order valence-corrected chi connectivity index (χ1v) is 11.5. The quantitative estimate of drug-likeness (QED) is 0.210. The Bertz CT molecular complexity index is 386. The summed E-state index contributed by atoms with van der Waals surface area (Å²) < 4.78 is 26.0. The number of phosphoric ester groups is 1. The Morgan fingerprint density at radius 1 is 1.00 bits per heavy atom. The fraction of sp³-hybridized carbons (Fsp3) is 0.895. The molecule has 1 aliphatic rings. The second kappa shape index (κ2) is 14.9. The Balaban J connectivity index is 1.75. The summed E-state index contributed by atoms with van der Waals surface area (Å²) in [6.45, 7) is 3.40. The lowest BCUT2D eigenvalue weighted by Crippen LogP contribution is -2.17. The van der Waals surface area contributed by atoms with Gasteiger partial charge in [-0.25, -0.2) is 4.57 Å². The second-order valence-electron chi connectivity index (χ2n) is 6.80. The van der Waals surface area contributed by atoms with Gasteiger partial charge in [0.25, 0.3) is 0 Å². The average Bonchev–Trinajstić information content (AvgIpc) is 2.93. The molecule has 1 rings (SSSR count). The zero-order valence-corrected chi connectivity index (χ0v) is 16.8. The molecule has 1 saturated heterocycles. The highest BCUT2D eigenvalue weighted by Crippen LogP contribution is 2.49. The molecular formula is C19H37O5P. The molecular weight excluding hydrogens is 339 g/mol. The predicted molar refractivity (Wildman–Crippen MR) is 102 cm³/mol. The molecule has 0 bridgehead atoms. The molecule has 0 aromatic rings. The smallest absolute Gasteiger partial charge is 0.379 e. The maximum atomic E-state index is 11.0. The molecule has 0 saturated carbocycles. The highest BCUT2D eigenvalue weighted by molar-refractivity contribution is 7.47. The fourth-order valence-electron chi connectivity index (χ4n) is 2.82. The van der Waals surface area contributed by atoms with Crippen LogP contribution in [0.2, 0.25) is 0 Å². The van der Waals surface area contributed by atoms with Crippen molar-refractivity contribution in [3.8, 4) is 0 Å². The van der Waals surface area contributed by atoms with Gasteiger partial charge in [-0.05, 0) is 32.1 Å². The first-order chi connectivity index (χ1) is 12.1. The van der Waals surface area contributed by atoms with Crippen LogP contribution in [0.3, 0.4) is 0 Å². The van der Waals surface area contributed by atoms with Gasteiger partial charge in [-0.15, -0.1) is 0 Å². The van der Waals surface area contributed by atoms with Gasteiger partial charge in [0.05, 0.1) is 13.2 Å². The molecule has 0 aromatic heterocycles. The normalized spacial score (nSPS) is 23.7. The van der Waals surface area contributed by atoms with Crippen LogP contribution in [-0.4, -0.2) is 30.8 Å². The van der Waals surface area contributed by atoms with Crippen LogP contribution in [-0.2, 0) is 18.3 Å². The molecule has 0 aliphatic carbocycles. The Hall–Kier alpha value is -0.190. The van der Waals surface area contributed by atoms with E-state index in [4.69, 9.17) is 14.2 Å². The predicted octanol–water partition coefficient (Wildman–Crippen LogP) is 5.78.